The van der Waals surface area contributed by atoms with Crippen LogP contribution in [0.25, 0.3) is 0 Å². The number of ether oxygens (including phenoxy) is 1. The van der Waals surface area contributed by atoms with E-state index in [2.05, 4.69) is 74.7 Å². The third-order valence-electron chi connectivity index (χ3n) is 13.2. The number of carbonyl (C=O) groups excluding carboxylic acids is 2. The van der Waals surface area contributed by atoms with Crippen LogP contribution in [0.1, 0.15) is 271 Å². The predicted molar refractivity (Wildman–Crippen MR) is 309 cm³/mol. The summed E-state index contributed by atoms with van der Waals surface area (Å²) in [6.45, 7) is 6.97. The Hall–Kier alpha value is -2.29. The van der Waals surface area contributed by atoms with Gasteiger partial charge >= 0.3 is 13.8 Å². The summed E-state index contributed by atoms with van der Waals surface area (Å²) in [5, 5.41) is 3.05. The maximum Gasteiger partial charge on any atom is 0.472 e. The molecule has 0 aliphatic heterocycles. The first-order chi connectivity index (χ1) is 34.9. The Balaban J connectivity index is 5.27. The molecule has 420 valence electrons. The second-order valence-corrected chi connectivity index (χ2v) is 23.0. The number of carbonyl (C=O) groups is 2. The molecule has 10 heteroatoms. The van der Waals surface area contributed by atoms with E-state index in [9.17, 15) is 19.0 Å². The van der Waals surface area contributed by atoms with E-state index in [-0.39, 0.29) is 31.5 Å². The number of esters is 1. The zero-order valence-corrected chi connectivity index (χ0v) is 48.8. The fourth-order valence-electron chi connectivity index (χ4n) is 8.51. The Morgan fingerprint density at radius 1 is 0.486 bits per heavy atom. The number of phosphoric ester groups is 1. The smallest absolute Gasteiger partial charge is 0.456 e. The number of rotatable bonds is 54. The Kier molecular flexibility index (Phi) is 50.5. The lowest BCUT2D eigenvalue weighted by Crippen LogP contribution is -2.47. The van der Waals surface area contributed by atoms with Crippen LogP contribution in [0.4, 0.5) is 0 Å². The molecule has 3 atom stereocenters. The molecule has 0 saturated carbocycles. The number of quaternary nitrogens is 1. The van der Waals surface area contributed by atoms with Crippen molar-refractivity contribution in [2.75, 3.05) is 40.9 Å². The predicted octanol–water partition coefficient (Wildman–Crippen LogP) is 18.3. The lowest BCUT2D eigenvalue weighted by molar-refractivity contribution is -0.870. The van der Waals surface area contributed by atoms with Crippen LogP contribution < -0.4 is 5.32 Å². The van der Waals surface area contributed by atoms with Crippen LogP contribution in [0.15, 0.2) is 60.8 Å². The van der Waals surface area contributed by atoms with Crippen molar-refractivity contribution in [3.63, 3.8) is 0 Å². The first-order valence-corrected chi connectivity index (χ1v) is 31.6. The quantitative estimate of drug-likeness (QED) is 0.0205. The van der Waals surface area contributed by atoms with Crippen LogP contribution >= 0.6 is 7.82 Å². The van der Waals surface area contributed by atoms with Crippen LogP contribution in [-0.2, 0) is 27.9 Å². The number of likely N-dealkylation sites (N-methyl/N-ethyl adjacent to an activating group) is 1. The minimum absolute atomic E-state index is 0.0367. The average Bonchev–Trinajstić information content (AvgIpc) is 3.34. The molecule has 0 aromatic heterocycles. The van der Waals surface area contributed by atoms with E-state index < -0.39 is 20.0 Å². The van der Waals surface area contributed by atoms with Crippen molar-refractivity contribution in [3.8, 4) is 0 Å². The SMILES string of the molecule is CCCCC/C=C\C/C=C\C/C=C\C/C=C\CCCCCCCC(=O)OC(/C=C/CCCCCCCCCCC)C(COP(=O)(O)OCC[N+](C)(C)C)NC(=O)CCCCCCCCCCCCCCCC. The van der Waals surface area contributed by atoms with Gasteiger partial charge in [0, 0.05) is 12.8 Å². The molecule has 0 spiro atoms. The third kappa shape index (κ3) is 52.6. The van der Waals surface area contributed by atoms with Crippen molar-refractivity contribution in [2.24, 2.45) is 0 Å². The highest BCUT2D eigenvalue weighted by Crippen LogP contribution is 2.43. The van der Waals surface area contributed by atoms with Gasteiger partial charge in [-0.25, -0.2) is 4.57 Å². The van der Waals surface area contributed by atoms with Crippen LogP contribution in [0, 0.1) is 0 Å². The largest absolute Gasteiger partial charge is 0.472 e. The first kappa shape index (κ1) is 69.7. The molecule has 1 amide bonds. The van der Waals surface area contributed by atoms with Gasteiger partial charge in [0.2, 0.25) is 5.91 Å². The molecule has 0 aromatic rings. The number of unbranched alkanes of at least 4 members (excludes halogenated alkanes) is 30. The molecule has 0 radical (unpaired) electrons. The highest BCUT2D eigenvalue weighted by Gasteiger charge is 2.30. The molecular weight excluding hydrogens is 916 g/mol. The van der Waals surface area contributed by atoms with Crippen molar-refractivity contribution in [3.05, 3.63) is 60.8 Å². The van der Waals surface area contributed by atoms with E-state index >= 15 is 0 Å². The van der Waals surface area contributed by atoms with Crippen molar-refractivity contribution in [2.45, 2.75) is 283 Å². The lowest BCUT2D eigenvalue weighted by Gasteiger charge is -2.27. The molecule has 72 heavy (non-hydrogen) atoms. The second kappa shape index (κ2) is 52.2. The van der Waals surface area contributed by atoms with Crippen molar-refractivity contribution < 1.29 is 37.3 Å². The maximum atomic E-state index is 13.5. The summed E-state index contributed by atoms with van der Waals surface area (Å²) in [5.74, 6) is -0.521. The number of nitrogens with one attached hydrogen (secondary N) is 1. The van der Waals surface area contributed by atoms with Gasteiger partial charge in [-0.15, -0.1) is 0 Å². The molecule has 0 aromatic carbocycles. The number of amides is 1. The summed E-state index contributed by atoms with van der Waals surface area (Å²) < 4.78 is 30.6. The minimum Gasteiger partial charge on any atom is -0.456 e. The average molecular weight is 1030 g/mol. The summed E-state index contributed by atoms with van der Waals surface area (Å²) in [7, 11) is 1.49. The van der Waals surface area contributed by atoms with Crippen LogP contribution in [0.3, 0.4) is 0 Å². The Bertz CT molecular complexity index is 1420. The first-order valence-electron chi connectivity index (χ1n) is 30.1. The zero-order chi connectivity index (χ0) is 52.9. The van der Waals surface area contributed by atoms with Gasteiger partial charge in [-0.2, -0.15) is 0 Å². The number of nitrogens with zero attached hydrogens (tertiary/aromatic N) is 1. The maximum absolute atomic E-state index is 13.5. The fourth-order valence-corrected chi connectivity index (χ4v) is 9.25. The van der Waals surface area contributed by atoms with E-state index in [1.165, 1.54) is 141 Å². The van der Waals surface area contributed by atoms with Crippen LogP contribution in [-0.4, -0.2) is 74.3 Å². The summed E-state index contributed by atoms with van der Waals surface area (Å²) in [6, 6.07) is -0.854. The molecule has 0 heterocycles. The summed E-state index contributed by atoms with van der Waals surface area (Å²) in [4.78, 5) is 37.6. The normalized spacial score (nSPS) is 14.2. The Morgan fingerprint density at radius 2 is 0.847 bits per heavy atom. The van der Waals surface area contributed by atoms with Gasteiger partial charge in [0.15, 0.2) is 0 Å². The molecular formula is C62H116N2O7P+. The standard InChI is InChI=1S/C62H115N2O7P/c1-7-10-13-16-19-22-25-27-29-30-31-32-33-34-35-37-40-43-46-49-52-55-62(66)71-60(53-50-47-44-41-38-24-21-18-15-12-9-3)59(58-70-72(67,68)69-57-56-64(4,5)6)63-61(65)54-51-48-45-42-39-36-28-26-23-20-17-14-11-8-2/h19,22,27,29,31-32,34-35,50,53,59-60H,7-18,20-21,23-26,28,30,33,36-49,51-52,54-58H2,1-6H3,(H-,63,65,67,68)/p+1/b22-19-,29-27-,32-31-,35-34-,53-50+. The van der Waals surface area contributed by atoms with E-state index in [1.807, 2.05) is 33.3 Å². The van der Waals surface area contributed by atoms with Gasteiger partial charge in [-0.1, -0.05) is 242 Å². The van der Waals surface area contributed by atoms with Crippen LogP contribution in [0.2, 0.25) is 0 Å². The molecule has 0 saturated heterocycles. The molecule has 3 unspecified atom stereocenters. The zero-order valence-electron chi connectivity index (χ0n) is 47.9. The van der Waals surface area contributed by atoms with Gasteiger partial charge in [-0.3, -0.25) is 18.6 Å². The third-order valence-corrected chi connectivity index (χ3v) is 14.2. The van der Waals surface area contributed by atoms with Gasteiger partial charge in [-0.05, 0) is 76.7 Å². The topological polar surface area (TPSA) is 111 Å². The van der Waals surface area contributed by atoms with Crippen molar-refractivity contribution >= 4 is 19.7 Å². The highest BCUT2D eigenvalue weighted by atomic mass is 31.2. The summed E-state index contributed by atoms with van der Waals surface area (Å²) >= 11 is 0. The number of phosphoric acid groups is 1. The molecule has 0 aliphatic carbocycles. The summed E-state index contributed by atoms with van der Waals surface area (Å²) in [6.07, 6.45) is 64.9. The highest BCUT2D eigenvalue weighted by molar-refractivity contribution is 7.47. The summed E-state index contributed by atoms with van der Waals surface area (Å²) in [5.41, 5.74) is 0. The molecule has 0 fully saturated rings. The fraction of sp³-hybridized carbons (Fsp3) is 0.806. The van der Waals surface area contributed by atoms with Gasteiger partial charge < -0.3 is 19.4 Å². The number of hydrogen-bond donors (Lipinski definition) is 2. The monoisotopic (exact) mass is 1030 g/mol. The molecule has 9 nitrogen and oxygen atoms in total. The Labute approximate surface area is 445 Å². The van der Waals surface area contributed by atoms with Crippen LogP contribution in [0.5, 0.6) is 0 Å². The molecule has 2 N–H and O–H groups in total. The number of allylic oxidation sites excluding steroid dienone is 9. The van der Waals surface area contributed by atoms with E-state index in [0.717, 1.165) is 96.3 Å². The van der Waals surface area contributed by atoms with Gasteiger partial charge in [0.05, 0.1) is 33.8 Å². The Morgan fingerprint density at radius 3 is 1.29 bits per heavy atom. The lowest BCUT2D eigenvalue weighted by atomic mass is 10.0. The van der Waals surface area contributed by atoms with E-state index in [0.29, 0.717) is 17.4 Å². The minimum atomic E-state index is -4.45. The van der Waals surface area contributed by atoms with Crippen molar-refractivity contribution in [1.82, 2.24) is 5.32 Å². The van der Waals surface area contributed by atoms with E-state index in [4.69, 9.17) is 13.8 Å². The molecule has 0 rings (SSSR count). The van der Waals surface area contributed by atoms with E-state index in [1.54, 1.807) is 0 Å². The van der Waals surface area contributed by atoms with Gasteiger partial charge in [0.25, 0.3) is 0 Å². The molecule has 0 bridgehead atoms. The molecule has 0 aliphatic rings. The second-order valence-electron chi connectivity index (χ2n) is 21.5. The van der Waals surface area contributed by atoms with Crippen molar-refractivity contribution in [1.29, 1.82) is 0 Å². The van der Waals surface area contributed by atoms with Gasteiger partial charge in [0.1, 0.15) is 19.3 Å². The number of hydrogen-bond acceptors (Lipinski definition) is 6.